The number of thioether (sulfide) groups is 1. The van der Waals surface area contributed by atoms with Crippen LogP contribution in [0, 0.1) is 24.2 Å². The molecule has 1 aromatic rings. The van der Waals surface area contributed by atoms with Gasteiger partial charge in [-0.15, -0.1) is 0 Å². The first-order valence-corrected chi connectivity index (χ1v) is 13.4. The summed E-state index contributed by atoms with van der Waals surface area (Å²) in [5.41, 5.74) is 0.543. The maximum atomic E-state index is 13.3. The maximum absolute atomic E-state index is 13.3. The zero-order chi connectivity index (χ0) is 27.3. The molecular formula is C25H30N4O6S2. The van der Waals surface area contributed by atoms with E-state index in [0.29, 0.717) is 55.8 Å². The van der Waals surface area contributed by atoms with Gasteiger partial charge in [0.1, 0.15) is 21.8 Å². The van der Waals surface area contributed by atoms with Gasteiger partial charge in [-0.3, -0.25) is 28.6 Å². The largest absolute Gasteiger partial charge is 0.481 e. The number of piperidine rings is 1. The molecule has 1 aromatic heterocycles. The number of amides is 1. The highest BCUT2D eigenvalue weighted by molar-refractivity contribution is 8.26. The fraction of sp³-hybridized carbons (Fsp3) is 0.520. The number of nitriles is 1. The molecule has 37 heavy (non-hydrogen) atoms. The summed E-state index contributed by atoms with van der Waals surface area (Å²) in [4.78, 5) is 53.5. The van der Waals surface area contributed by atoms with Crippen molar-refractivity contribution in [3.63, 3.8) is 0 Å². The molecule has 3 heterocycles. The van der Waals surface area contributed by atoms with Crippen molar-refractivity contribution in [1.82, 2.24) is 9.47 Å². The number of hydrogen-bond donors (Lipinski definition) is 1. The molecule has 0 radical (unpaired) electrons. The predicted octanol–water partition coefficient (Wildman–Crippen LogP) is 2.89. The second-order valence-corrected chi connectivity index (χ2v) is 10.5. The number of carbonyl (C=O) groups is 3. The van der Waals surface area contributed by atoms with Gasteiger partial charge in [-0.25, -0.2) is 0 Å². The molecule has 0 bridgehead atoms. The van der Waals surface area contributed by atoms with Crippen LogP contribution in [0.3, 0.4) is 0 Å². The number of nitrogens with zero attached hydrogens (tertiary/aromatic N) is 4. The Morgan fingerprint density at radius 3 is 2.65 bits per heavy atom. The molecule has 2 fully saturated rings. The molecule has 12 heteroatoms. The lowest BCUT2D eigenvalue weighted by atomic mass is 9.96. The van der Waals surface area contributed by atoms with Gasteiger partial charge in [-0.2, -0.15) is 5.26 Å². The van der Waals surface area contributed by atoms with Gasteiger partial charge in [0.15, 0.2) is 0 Å². The van der Waals surface area contributed by atoms with E-state index in [1.54, 1.807) is 24.5 Å². The number of carboxylic acids is 1. The Morgan fingerprint density at radius 2 is 2.03 bits per heavy atom. The van der Waals surface area contributed by atoms with E-state index >= 15 is 0 Å². The fourth-order valence-corrected chi connectivity index (χ4v) is 5.86. The molecule has 0 spiro atoms. The summed E-state index contributed by atoms with van der Waals surface area (Å²) in [5, 5.41) is 18.8. The van der Waals surface area contributed by atoms with Crippen molar-refractivity contribution in [2.24, 2.45) is 5.92 Å². The highest BCUT2D eigenvalue weighted by Gasteiger charge is 2.35. The Balaban J connectivity index is 2.16. The van der Waals surface area contributed by atoms with Crippen LogP contribution in [0.1, 0.15) is 56.2 Å². The van der Waals surface area contributed by atoms with Crippen LogP contribution >= 0.6 is 24.0 Å². The number of carbonyl (C=O) groups excluding carboxylic acids is 2. The summed E-state index contributed by atoms with van der Waals surface area (Å²) in [6, 6.07) is 2.01. The van der Waals surface area contributed by atoms with Crippen LogP contribution < -0.4 is 10.5 Å². The van der Waals surface area contributed by atoms with Crippen molar-refractivity contribution >= 4 is 58.0 Å². The number of aliphatic carboxylic acids is 1. The lowest BCUT2D eigenvalue weighted by Gasteiger charge is -2.36. The minimum atomic E-state index is -1.04. The summed E-state index contributed by atoms with van der Waals surface area (Å²) >= 11 is 6.38. The third-order valence-electron chi connectivity index (χ3n) is 6.33. The highest BCUT2D eigenvalue weighted by atomic mass is 32.2. The maximum Gasteiger partial charge on any atom is 0.310 e. The van der Waals surface area contributed by atoms with E-state index in [1.807, 2.05) is 17.9 Å². The fourth-order valence-electron chi connectivity index (χ4n) is 4.57. The van der Waals surface area contributed by atoms with Crippen molar-refractivity contribution in [2.45, 2.75) is 53.0 Å². The van der Waals surface area contributed by atoms with Crippen molar-refractivity contribution < 1.29 is 24.2 Å². The van der Waals surface area contributed by atoms with Gasteiger partial charge >= 0.3 is 11.9 Å². The minimum absolute atomic E-state index is 0.0104. The molecule has 1 N–H and O–H groups in total. The van der Waals surface area contributed by atoms with E-state index in [-0.39, 0.29) is 46.2 Å². The summed E-state index contributed by atoms with van der Waals surface area (Å²) in [7, 11) is 0. The zero-order valence-corrected chi connectivity index (χ0v) is 22.7. The van der Waals surface area contributed by atoms with Gasteiger partial charge < -0.3 is 14.7 Å². The normalized spacial score (nSPS) is 18.9. The predicted molar refractivity (Wildman–Crippen MR) is 144 cm³/mol. The number of anilines is 1. The number of aromatic nitrogens is 1. The van der Waals surface area contributed by atoms with Crippen LogP contribution in [0.5, 0.6) is 0 Å². The molecule has 0 saturated carbocycles. The molecule has 1 amide bonds. The Labute approximate surface area is 224 Å². The standard InChI is InChI=1S/C25H30N4O6S2/c1-4-9-28-21(27-10-6-7-16(14-27)24(34)35-5-2)17(15(3)18(13-26)22(28)32)12-19-23(33)29(25(36)37-19)11-8-20(30)31/h12,16H,4-11,14H2,1-3H3,(H,30,31). The molecule has 2 aliphatic rings. The van der Waals surface area contributed by atoms with Crippen molar-refractivity contribution in [3.8, 4) is 6.07 Å². The van der Waals surface area contributed by atoms with E-state index in [4.69, 9.17) is 22.1 Å². The quantitative estimate of drug-likeness (QED) is 0.280. The molecule has 1 unspecified atom stereocenters. The zero-order valence-electron chi connectivity index (χ0n) is 21.1. The summed E-state index contributed by atoms with van der Waals surface area (Å²) in [6.07, 6.45) is 3.39. The second-order valence-electron chi connectivity index (χ2n) is 8.82. The van der Waals surface area contributed by atoms with Crippen LogP contribution in [0.4, 0.5) is 5.82 Å². The van der Waals surface area contributed by atoms with Crippen molar-refractivity contribution in [1.29, 1.82) is 5.26 Å². The number of esters is 1. The topological polar surface area (TPSA) is 133 Å². The molecule has 3 rings (SSSR count). The molecule has 1 atom stereocenters. The molecular weight excluding hydrogens is 516 g/mol. The van der Waals surface area contributed by atoms with Crippen LogP contribution in [0.2, 0.25) is 0 Å². The van der Waals surface area contributed by atoms with Crippen LogP contribution in [-0.4, -0.2) is 63.0 Å². The van der Waals surface area contributed by atoms with Gasteiger partial charge in [-0.05, 0) is 44.7 Å². The first-order chi connectivity index (χ1) is 17.6. The molecule has 0 aromatic carbocycles. The highest BCUT2D eigenvalue weighted by Crippen LogP contribution is 2.37. The minimum Gasteiger partial charge on any atom is -0.481 e. The van der Waals surface area contributed by atoms with E-state index in [9.17, 15) is 24.4 Å². The Kier molecular flexibility index (Phi) is 9.50. The van der Waals surface area contributed by atoms with Crippen molar-refractivity contribution in [2.75, 3.05) is 31.1 Å². The van der Waals surface area contributed by atoms with Gasteiger partial charge in [0.25, 0.3) is 11.5 Å². The summed E-state index contributed by atoms with van der Waals surface area (Å²) in [6.45, 7) is 6.86. The molecule has 198 valence electrons. The smallest absolute Gasteiger partial charge is 0.310 e. The second kappa shape index (κ2) is 12.4. The third-order valence-corrected chi connectivity index (χ3v) is 7.71. The Bertz CT molecular complexity index is 1250. The molecule has 10 nitrogen and oxygen atoms in total. The number of thiocarbonyl (C=S) groups is 1. The number of ether oxygens (including phenoxy) is 1. The van der Waals surface area contributed by atoms with Gasteiger partial charge in [-0.1, -0.05) is 30.9 Å². The van der Waals surface area contributed by atoms with Crippen LogP contribution in [0.25, 0.3) is 6.08 Å². The summed E-state index contributed by atoms with van der Waals surface area (Å²) in [5.74, 6) is -1.56. The van der Waals surface area contributed by atoms with Crippen LogP contribution in [0.15, 0.2) is 9.70 Å². The Hall–Kier alpha value is -3.17. The first kappa shape index (κ1) is 28.4. The monoisotopic (exact) mass is 546 g/mol. The lowest BCUT2D eigenvalue weighted by molar-refractivity contribution is -0.148. The van der Waals surface area contributed by atoms with E-state index < -0.39 is 17.4 Å². The van der Waals surface area contributed by atoms with E-state index in [1.165, 1.54) is 4.90 Å². The van der Waals surface area contributed by atoms with Crippen molar-refractivity contribution in [3.05, 3.63) is 31.9 Å². The average Bonchev–Trinajstić information content (AvgIpc) is 3.13. The average molecular weight is 547 g/mol. The molecule has 0 aliphatic carbocycles. The Morgan fingerprint density at radius 1 is 1.30 bits per heavy atom. The number of rotatable bonds is 9. The number of carboxylic acid groups (broad SMARTS) is 1. The SMILES string of the molecule is CCCn1c(N2CCCC(C(=O)OCC)C2)c(C=C2SC(=S)N(CCC(=O)O)C2=O)c(C)c(C#N)c1=O. The van der Waals surface area contributed by atoms with E-state index in [0.717, 1.165) is 11.8 Å². The lowest BCUT2D eigenvalue weighted by Crippen LogP contribution is -2.43. The van der Waals surface area contributed by atoms with Gasteiger partial charge in [0, 0.05) is 31.7 Å². The number of pyridine rings is 1. The van der Waals surface area contributed by atoms with Gasteiger partial charge in [0.05, 0.1) is 23.9 Å². The third kappa shape index (κ3) is 6.05. The molecule has 2 aliphatic heterocycles. The van der Waals surface area contributed by atoms with E-state index in [2.05, 4.69) is 0 Å². The van der Waals surface area contributed by atoms with Gasteiger partial charge in [0.2, 0.25) is 0 Å². The number of hydrogen-bond acceptors (Lipinski definition) is 9. The molecule has 2 saturated heterocycles. The van der Waals surface area contributed by atoms with Crippen LogP contribution in [-0.2, 0) is 25.7 Å². The first-order valence-electron chi connectivity index (χ1n) is 12.2. The summed E-state index contributed by atoms with van der Waals surface area (Å²) < 4.78 is 7.04.